The first-order valence-corrected chi connectivity index (χ1v) is 6.70. The van der Waals surface area contributed by atoms with E-state index in [1.165, 1.54) is 0 Å². The second-order valence-corrected chi connectivity index (χ2v) is 5.14. The monoisotopic (exact) mass is 297 g/mol. The van der Waals surface area contributed by atoms with Crippen molar-refractivity contribution in [2.75, 3.05) is 11.9 Å². The van der Waals surface area contributed by atoms with Gasteiger partial charge < -0.3 is 10.1 Å². The molecule has 0 aliphatic carbocycles. The number of carbonyl (C=O) groups excluding carboxylic acids is 1. The molecule has 1 atom stereocenters. The number of nitrogens with one attached hydrogen (secondary N) is 1. The zero-order chi connectivity index (χ0) is 12.1. The van der Waals surface area contributed by atoms with Gasteiger partial charge in [0.1, 0.15) is 0 Å². The van der Waals surface area contributed by atoms with Gasteiger partial charge in [0.25, 0.3) is 0 Å². The van der Waals surface area contributed by atoms with E-state index in [-0.39, 0.29) is 12.0 Å². The van der Waals surface area contributed by atoms with Gasteiger partial charge in [-0.15, -0.1) is 0 Å². The van der Waals surface area contributed by atoms with Gasteiger partial charge in [-0.2, -0.15) is 0 Å². The largest absolute Gasteiger partial charge is 0.378 e. The third kappa shape index (κ3) is 4.13. The smallest absolute Gasteiger partial charge is 0.224 e. The Labute approximate surface area is 110 Å². The summed E-state index contributed by atoms with van der Waals surface area (Å²) in [5.41, 5.74) is 0.838. The maximum absolute atomic E-state index is 11.7. The highest BCUT2D eigenvalue weighted by Crippen LogP contribution is 2.18. The number of benzene rings is 1. The number of rotatable bonds is 4. The Hall–Kier alpha value is -0.870. The molecule has 0 spiro atoms. The van der Waals surface area contributed by atoms with Gasteiger partial charge in [0, 0.05) is 23.2 Å². The van der Waals surface area contributed by atoms with Gasteiger partial charge in [-0.25, -0.2) is 0 Å². The number of amides is 1. The van der Waals surface area contributed by atoms with Crippen molar-refractivity contribution in [2.45, 2.75) is 31.8 Å². The lowest BCUT2D eigenvalue weighted by molar-refractivity contribution is -0.116. The first-order valence-electron chi connectivity index (χ1n) is 5.91. The maximum Gasteiger partial charge on any atom is 0.224 e. The molecule has 1 heterocycles. The van der Waals surface area contributed by atoms with Crippen LogP contribution in [0.5, 0.6) is 0 Å². The number of ether oxygens (including phenoxy) is 1. The van der Waals surface area contributed by atoms with Crippen molar-refractivity contribution in [1.82, 2.24) is 0 Å². The standard InChI is InChI=1S/C13H16BrNO2/c14-10-3-5-11(6-4-10)15-13(16)8-7-12-2-1-9-17-12/h3-6,12H,1-2,7-9H2,(H,15,16)/t12-/m0/s1. The Balaban J connectivity index is 1.74. The molecule has 0 unspecified atom stereocenters. The highest BCUT2D eigenvalue weighted by molar-refractivity contribution is 9.10. The Morgan fingerprint density at radius 2 is 2.18 bits per heavy atom. The molecule has 1 aromatic rings. The van der Waals surface area contributed by atoms with Crippen molar-refractivity contribution in [3.05, 3.63) is 28.7 Å². The zero-order valence-corrected chi connectivity index (χ0v) is 11.2. The molecular formula is C13H16BrNO2. The molecule has 0 saturated carbocycles. The highest BCUT2D eigenvalue weighted by atomic mass is 79.9. The lowest BCUT2D eigenvalue weighted by Crippen LogP contribution is -2.15. The van der Waals surface area contributed by atoms with Crippen molar-refractivity contribution >= 4 is 27.5 Å². The van der Waals surface area contributed by atoms with Crippen molar-refractivity contribution in [1.29, 1.82) is 0 Å². The van der Waals surface area contributed by atoms with Gasteiger partial charge >= 0.3 is 0 Å². The van der Waals surface area contributed by atoms with Crippen LogP contribution in [-0.4, -0.2) is 18.6 Å². The van der Waals surface area contributed by atoms with Crippen LogP contribution in [0, 0.1) is 0 Å². The minimum absolute atomic E-state index is 0.0582. The molecular weight excluding hydrogens is 282 g/mol. The van der Waals surface area contributed by atoms with Gasteiger partial charge in [-0.3, -0.25) is 4.79 Å². The lowest BCUT2D eigenvalue weighted by atomic mass is 10.1. The summed E-state index contributed by atoms with van der Waals surface area (Å²) in [6.45, 7) is 0.846. The van der Waals surface area contributed by atoms with Crippen LogP contribution in [0.15, 0.2) is 28.7 Å². The Kier molecular flexibility index (Phi) is 4.57. The van der Waals surface area contributed by atoms with Crippen LogP contribution in [0.3, 0.4) is 0 Å². The lowest BCUT2D eigenvalue weighted by Gasteiger charge is -2.09. The van der Waals surface area contributed by atoms with Crippen molar-refractivity contribution in [3.63, 3.8) is 0 Å². The molecule has 1 aliphatic rings. The number of hydrogen-bond donors (Lipinski definition) is 1. The predicted molar refractivity (Wildman–Crippen MR) is 71.0 cm³/mol. The van der Waals surface area contributed by atoms with E-state index in [0.717, 1.165) is 36.0 Å². The third-order valence-electron chi connectivity index (χ3n) is 2.85. The molecule has 0 bridgehead atoms. The molecule has 1 saturated heterocycles. The molecule has 0 radical (unpaired) electrons. The van der Waals surface area contributed by atoms with Crippen LogP contribution in [0.1, 0.15) is 25.7 Å². The van der Waals surface area contributed by atoms with Crippen LogP contribution in [0.25, 0.3) is 0 Å². The fourth-order valence-electron chi connectivity index (χ4n) is 1.92. The molecule has 1 aliphatic heterocycles. The SMILES string of the molecule is O=C(CC[C@@H]1CCCO1)Nc1ccc(Br)cc1. The molecule has 1 N–H and O–H groups in total. The van der Waals surface area contributed by atoms with E-state index in [1.807, 2.05) is 24.3 Å². The van der Waals surface area contributed by atoms with Crippen molar-refractivity contribution in [3.8, 4) is 0 Å². The number of hydrogen-bond acceptors (Lipinski definition) is 2. The topological polar surface area (TPSA) is 38.3 Å². The average Bonchev–Trinajstić information content (AvgIpc) is 2.83. The first-order chi connectivity index (χ1) is 8.24. The summed E-state index contributed by atoms with van der Waals surface area (Å²) in [5, 5.41) is 2.88. The summed E-state index contributed by atoms with van der Waals surface area (Å²) in [7, 11) is 0. The maximum atomic E-state index is 11.7. The van der Waals surface area contributed by atoms with Crippen LogP contribution in [0.4, 0.5) is 5.69 Å². The minimum atomic E-state index is 0.0582. The zero-order valence-electron chi connectivity index (χ0n) is 9.62. The Morgan fingerprint density at radius 3 is 2.82 bits per heavy atom. The first kappa shape index (κ1) is 12.6. The average molecular weight is 298 g/mol. The van der Waals surface area contributed by atoms with Crippen LogP contribution < -0.4 is 5.32 Å². The number of carbonyl (C=O) groups is 1. The summed E-state index contributed by atoms with van der Waals surface area (Å²) >= 11 is 3.36. The van der Waals surface area contributed by atoms with Crippen molar-refractivity contribution in [2.24, 2.45) is 0 Å². The van der Waals surface area contributed by atoms with Gasteiger partial charge in [0.2, 0.25) is 5.91 Å². The normalized spacial score (nSPS) is 19.2. The van der Waals surface area contributed by atoms with Gasteiger partial charge in [-0.05, 0) is 43.5 Å². The molecule has 2 rings (SSSR count). The molecule has 1 fully saturated rings. The summed E-state index contributed by atoms with van der Waals surface area (Å²) in [5.74, 6) is 0.0582. The van der Waals surface area contributed by atoms with Crippen LogP contribution in [0.2, 0.25) is 0 Å². The number of anilines is 1. The second kappa shape index (κ2) is 6.17. The molecule has 92 valence electrons. The summed E-state index contributed by atoms with van der Waals surface area (Å²) in [4.78, 5) is 11.7. The second-order valence-electron chi connectivity index (χ2n) is 4.23. The number of halogens is 1. The van der Waals surface area contributed by atoms with E-state index < -0.39 is 0 Å². The molecule has 1 aromatic carbocycles. The van der Waals surface area contributed by atoms with E-state index in [1.54, 1.807) is 0 Å². The quantitative estimate of drug-likeness (QED) is 0.925. The Bertz CT molecular complexity index is 372. The highest BCUT2D eigenvalue weighted by Gasteiger charge is 2.16. The molecule has 17 heavy (non-hydrogen) atoms. The summed E-state index contributed by atoms with van der Waals surface area (Å²) < 4.78 is 6.49. The summed E-state index contributed by atoms with van der Waals surface area (Å²) in [6.07, 6.45) is 3.85. The third-order valence-corrected chi connectivity index (χ3v) is 3.37. The molecule has 0 aromatic heterocycles. The van der Waals surface area contributed by atoms with Crippen LogP contribution in [-0.2, 0) is 9.53 Å². The van der Waals surface area contributed by atoms with E-state index in [4.69, 9.17) is 4.74 Å². The fourth-order valence-corrected chi connectivity index (χ4v) is 2.19. The predicted octanol–water partition coefficient (Wildman–Crippen LogP) is 3.35. The molecule has 4 heteroatoms. The van der Waals surface area contributed by atoms with E-state index >= 15 is 0 Å². The Morgan fingerprint density at radius 1 is 1.41 bits per heavy atom. The van der Waals surface area contributed by atoms with Crippen LogP contribution >= 0.6 is 15.9 Å². The van der Waals surface area contributed by atoms with Gasteiger partial charge in [-0.1, -0.05) is 15.9 Å². The van der Waals surface area contributed by atoms with Gasteiger partial charge in [0.15, 0.2) is 0 Å². The molecule has 3 nitrogen and oxygen atoms in total. The van der Waals surface area contributed by atoms with E-state index in [9.17, 15) is 4.79 Å². The van der Waals surface area contributed by atoms with E-state index in [2.05, 4.69) is 21.2 Å². The minimum Gasteiger partial charge on any atom is -0.378 e. The fraction of sp³-hybridized carbons (Fsp3) is 0.462. The molecule has 1 amide bonds. The van der Waals surface area contributed by atoms with Gasteiger partial charge in [0.05, 0.1) is 6.10 Å². The summed E-state index contributed by atoms with van der Waals surface area (Å²) in [6, 6.07) is 7.59. The van der Waals surface area contributed by atoms with Crippen molar-refractivity contribution < 1.29 is 9.53 Å². The van der Waals surface area contributed by atoms with E-state index in [0.29, 0.717) is 6.42 Å².